The number of ether oxygens (including phenoxy) is 2. The highest BCUT2D eigenvalue weighted by molar-refractivity contribution is 5.77. The van der Waals surface area contributed by atoms with Crippen molar-refractivity contribution in [2.45, 2.75) is 40.5 Å². The molecular formula is C17H21NO4. The van der Waals surface area contributed by atoms with Gasteiger partial charge in [-0.3, -0.25) is 10.1 Å². The van der Waals surface area contributed by atoms with Gasteiger partial charge in [0.15, 0.2) is 11.5 Å². The van der Waals surface area contributed by atoms with Crippen LogP contribution in [0.3, 0.4) is 0 Å². The van der Waals surface area contributed by atoms with Crippen LogP contribution in [0.4, 0.5) is 5.69 Å². The molecule has 0 atom stereocenters. The molecule has 0 amide bonds. The smallest absolute Gasteiger partial charge is 0.280 e. The zero-order valence-corrected chi connectivity index (χ0v) is 13.4. The van der Waals surface area contributed by atoms with E-state index >= 15 is 0 Å². The second-order valence-electron chi connectivity index (χ2n) is 7.66. The molecule has 0 saturated heterocycles. The van der Waals surface area contributed by atoms with Crippen molar-refractivity contribution < 1.29 is 14.4 Å². The highest BCUT2D eigenvalue weighted by atomic mass is 16.7. The topological polar surface area (TPSA) is 61.6 Å². The molecule has 3 rings (SSSR count). The maximum absolute atomic E-state index is 11.5. The monoisotopic (exact) mass is 303 g/mol. The number of rotatable bonds is 2. The first kappa shape index (κ1) is 14.9. The van der Waals surface area contributed by atoms with Crippen molar-refractivity contribution >= 4 is 11.3 Å². The van der Waals surface area contributed by atoms with Crippen molar-refractivity contribution in [3.8, 4) is 11.5 Å². The van der Waals surface area contributed by atoms with E-state index in [9.17, 15) is 10.1 Å². The summed E-state index contributed by atoms with van der Waals surface area (Å²) in [5.41, 5.74) is 1.88. The Balaban J connectivity index is 2.15. The summed E-state index contributed by atoms with van der Waals surface area (Å²) in [6.45, 7) is 8.88. The molecule has 0 bridgehead atoms. The Morgan fingerprint density at radius 3 is 2.36 bits per heavy atom. The van der Waals surface area contributed by atoms with Crippen LogP contribution in [-0.4, -0.2) is 11.7 Å². The molecule has 1 heterocycles. The van der Waals surface area contributed by atoms with Gasteiger partial charge in [0.25, 0.3) is 5.69 Å². The van der Waals surface area contributed by atoms with E-state index in [1.54, 1.807) is 6.07 Å². The van der Waals surface area contributed by atoms with Gasteiger partial charge in [0.05, 0.1) is 16.6 Å². The van der Waals surface area contributed by atoms with Crippen LogP contribution in [0.2, 0.25) is 0 Å². The molecule has 1 aliphatic carbocycles. The van der Waals surface area contributed by atoms with Crippen LogP contribution >= 0.6 is 0 Å². The largest absolute Gasteiger partial charge is 0.454 e. The van der Waals surface area contributed by atoms with E-state index in [0.717, 1.165) is 18.4 Å². The Morgan fingerprint density at radius 2 is 1.77 bits per heavy atom. The lowest BCUT2D eigenvalue weighted by Crippen LogP contribution is -2.26. The lowest BCUT2D eigenvalue weighted by atomic mass is 9.65. The van der Waals surface area contributed by atoms with Crippen molar-refractivity contribution in [3.63, 3.8) is 0 Å². The van der Waals surface area contributed by atoms with Gasteiger partial charge in [-0.15, -0.1) is 0 Å². The number of benzene rings is 1. The normalized spacial score (nSPS) is 21.4. The van der Waals surface area contributed by atoms with Crippen LogP contribution in [0.25, 0.3) is 5.57 Å². The quantitative estimate of drug-likeness (QED) is 0.594. The molecule has 1 aromatic carbocycles. The van der Waals surface area contributed by atoms with Crippen molar-refractivity contribution in [1.82, 2.24) is 0 Å². The molecule has 1 aliphatic heterocycles. The number of hydrogen-bond donors (Lipinski definition) is 0. The fraction of sp³-hybridized carbons (Fsp3) is 0.529. The lowest BCUT2D eigenvalue weighted by Gasteiger charge is -2.39. The minimum atomic E-state index is -0.341. The van der Waals surface area contributed by atoms with Crippen molar-refractivity contribution in [2.24, 2.45) is 10.8 Å². The van der Waals surface area contributed by atoms with E-state index in [1.807, 2.05) is 0 Å². The summed E-state index contributed by atoms with van der Waals surface area (Å²) in [7, 11) is 0. The molecule has 0 saturated carbocycles. The van der Waals surface area contributed by atoms with Crippen LogP contribution in [0.1, 0.15) is 46.1 Å². The first-order valence-corrected chi connectivity index (χ1v) is 7.47. The van der Waals surface area contributed by atoms with Gasteiger partial charge in [-0.2, -0.15) is 0 Å². The highest BCUT2D eigenvalue weighted by Gasteiger charge is 2.36. The summed E-state index contributed by atoms with van der Waals surface area (Å²) in [6.07, 6.45) is 4.04. The summed E-state index contributed by atoms with van der Waals surface area (Å²) >= 11 is 0. The molecule has 0 radical (unpaired) electrons. The van der Waals surface area contributed by atoms with Gasteiger partial charge < -0.3 is 9.47 Å². The summed E-state index contributed by atoms with van der Waals surface area (Å²) < 4.78 is 10.7. The van der Waals surface area contributed by atoms with E-state index in [0.29, 0.717) is 17.1 Å². The predicted molar refractivity (Wildman–Crippen MR) is 84.0 cm³/mol. The first-order valence-electron chi connectivity index (χ1n) is 7.47. The predicted octanol–water partition coefficient (Wildman–Crippen LogP) is 4.55. The number of allylic oxidation sites excluding steroid dienone is 2. The molecule has 118 valence electrons. The van der Waals surface area contributed by atoms with E-state index < -0.39 is 0 Å². The molecule has 5 nitrogen and oxygen atoms in total. The van der Waals surface area contributed by atoms with E-state index in [4.69, 9.17) is 9.47 Å². The van der Waals surface area contributed by atoms with Crippen LogP contribution in [0.5, 0.6) is 11.5 Å². The first-order chi connectivity index (χ1) is 10.2. The van der Waals surface area contributed by atoms with Gasteiger partial charge in [-0.05, 0) is 35.3 Å². The SMILES string of the molecule is CC1(C)C=C(c2cc3c(cc2[N+](=O)[O-])OCO3)CC(C)(C)C1. The van der Waals surface area contributed by atoms with Crippen LogP contribution in [0.15, 0.2) is 18.2 Å². The number of nitro benzene ring substituents is 1. The maximum atomic E-state index is 11.5. The number of hydrogen-bond acceptors (Lipinski definition) is 4. The van der Waals surface area contributed by atoms with Crippen LogP contribution < -0.4 is 9.47 Å². The number of nitrogens with zero attached hydrogens (tertiary/aromatic N) is 1. The van der Waals surface area contributed by atoms with Gasteiger partial charge in [-0.25, -0.2) is 0 Å². The van der Waals surface area contributed by atoms with Gasteiger partial charge in [0.2, 0.25) is 6.79 Å². The van der Waals surface area contributed by atoms with Gasteiger partial charge in [0.1, 0.15) is 0 Å². The molecule has 1 aromatic rings. The molecule has 0 unspecified atom stereocenters. The van der Waals surface area contributed by atoms with Crippen molar-refractivity contribution in [2.75, 3.05) is 6.79 Å². The average molecular weight is 303 g/mol. The third kappa shape index (κ3) is 2.67. The number of fused-ring (bicyclic) bond motifs is 1. The van der Waals surface area contributed by atoms with Gasteiger partial charge in [0, 0.05) is 0 Å². The second-order valence-corrected chi connectivity index (χ2v) is 7.66. The Morgan fingerprint density at radius 1 is 1.14 bits per heavy atom. The van der Waals surface area contributed by atoms with Gasteiger partial charge in [-0.1, -0.05) is 33.8 Å². The zero-order valence-electron chi connectivity index (χ0n) is 13.4. The van der Waals surface area contributed by atoms with Crippen molar-refractivity contribution in [1.29, 1.82) is 0 Å². The maximum Gasteiger partial charge on any atom is 0.280 e. The van der Waals surface area contributed by atoms with Crippen LogP contribution in [-0.2, 0) is 0 Å². The molecule has 0 fully saturated rings. The molecule has 0 spiro atoms. The fourth-order valence-electron chi connectivity index (χ4n) is 3.90. The molecule has 5 heteroatoms. The van der Waals surface area contributed by atoms with Crippen molar-refractivity contribution in [3.05, 3.63) is 33.9 Å². The third-order valence-corrected chi connectivity index (χ3v) is 4.20. The Hall–Kier alpha value is -2.04. The second kappa shape index (κ2) is 4.73. The minimum Gasteiger partial charge on any atom is -0.454 e. The minimum absolute atomic E-state index is 0.0152. The number of nitro groups is 1. The Labute approximate surface area is 130 Å². The molecule has 0 N–H and O–H groups in total. The molecule has 22 heavy (non-hydrogen) atoms. The van der Waals surface area contributed by atoms with E-state index in [-0.39, 0.29) is 28.2 Å². The Bertz CT molecular complexity index is 673. The summed E-state index contributed by atoms with van der Waals surface area (Å²) in [4.78, 5) is 11.1. The molecule has 2 aliphatic rings. The zero-order chi connectivity index (χ0) is 16.1. The van der Waals surface area contributed by atoms with E-state index in [2.05, 4.69) is 33.8 Å². The Kier molecular flexibility index (Phi) is 3.20. The average Bonchev–Trinajstić information content (AvgIpc) is 2.80. The molecular weight excluding hydrogens is 282 g/mol. The van der Waals surface area contributed by atoms with E-state index in [1.165, 1.54) is 6.07 Å². The van der Waals surface area contributed by atoms with Gasteiger partial charge >= 0.3 is 0 Å². The standard InChI is InChI=1S/C17H21NO4/c1-16(2)7-11(8-17(3,4)9-16)12-5-14-15(22-10-21-14)6-13(12)18(19)20/h5-7H,8-10H2,1-4H3. The summed E-state index contributed by atoms with van der Waals surface area (Å²) in [5, 5.41) is 11.5. The summed E-state index contributed by atoms with van der Waals surface area (Å²) in [6, 6.07) is 3.23. The third-order valence-electron chi connectivity index (χ3n) is 4.20. The fourth-order valence-corrected chi connectivity index (χ4v) is 3.90. The molecule has 0 aromatic heterocycles. The highest BCUT2D eigenvalue weighted by Crippen LogP contribution is 2.50. The lowest BCUT2D eigenvalue weighted by molar-refractivity contribution is -0.385. The van der Waals surface area contributed by atoms with Crippen LogP contribution in [0, 0.1) is 20.9 Å². The summed E-state index contributed by atoms with van der Waals surface area (Å²) in [5.74, 6) is 1.04.